The van der Waals surface area contributed by atoms with E-state index in [-0.39, 0.29) is 11.9 Å². The summed E-state index contributed by atoms with van der Waals surface area (Å²) in [5.74, 6) is -0.199. The monoisotopic (exact) mass is 338 g/mol. The van der Waals surface area contributed by atoms with Gasteiger partial charge in [0, 0.05) is 30.2 Å². The van der Waals surface area contributed by atoms with E-state index in [0.29, 0.717) is 0 Å². The molecule has 2 aromatic carbocycles. The van der Waals surface area contributed by atoms with Crippen LogP contribution in [0, 0.1) is 5.82 Å². The first-order valence-corrected chi connectivity index (χ1v) is 8.93. The van der Waals surface area contributed by atoms with E-state index in [1.807, 2.05) is 12.3 Å². The van der Waals surface area contributed by atoms with Gasteiger partial charge in [-0.15, -0.1) is 0 Å². The highest BCUT2D eigenvalue weighted by Gasteiger charge is 2.26. The van der Waals surface area contributed by atoms with Crippen LogP contribution in [-0.2, 0) is 11.2 Å². The number of aryl methyl sites for hydroxylation is 1. The van der Waals surface area contributed by atoms with Crippen molar-refractivity contribution in [2.75, 3.05) is 26.3 Å². The molecular formula is C21H23FN2O. The van der Waals surface area contributed by atoms with E-state index >= 15 is 0 Å². The SMILES string of the molecule is CCc1ccc(C(c2c[nH]c3ccc(F)cc23)N2CCOCC2)cc1. The zero-order valence-electron chi connectivity index (χ0n) is 14.5. The van der Waals surface area contributed by atoms with Crippen LogP contribution in [0.3, 0.4) is 0 Å². The van der Waals surface area contributed by atoms with Crippen molar-refractivity contribution in [3.8, 4) is 0 Å². The third-order valence-electron chi connectivity index (χ3n) is 5.08. The van der Waals surface area contributed by atoms with Gasteiger partial charge in [-0.05, 0) is 41.3 Å². The van der Waals surface area contributed by atoms with Gasteiger partial charge in [0.05, 0.1) is 19.3 Å². The average Bonchev–Trinajstić information content (AvgIpc) is 3.06. The van der Waals surface area contributed by atoms with E-state index in [1.165, 1.54) is 17.2 Å². The Bertz CT molecular complexity index is 850. The van der Waals surface area contributed by atoms with E-state index in [4.69, 9.17) is 4.74 Å². The Balaban J connectivity index is 1.81. The lowest BCUT2D eigenvalue weighted by atomic mass is 9.95. The van der Waals surface area contributed by atoms with Crippen LogP contribution in [0.5, 0.6) is 0 Å². The third-order valence-corrected chi connectivity index (χ3v) is 5.08. The van der Waals surface area contributed by atoms with Crippen LogP contribution in [0.4, 0.5) is 4.39 Å². The molecule has 4 rings (SSSR count). The molecule has 1 unspecified atom stereocenters. The van der Waals surface area contributed by atoms with Gasteiger partial charge in [-0.1, -0.05) is 31.2 Å². The van der Waals surface area contributed by atoms with Gasteiger partial charge >= 0.3 is 0 Å². The first-order valence-electron chi connectivity index (χ1n) is 8.93. The zero-order valence-corrected chi connectivity index (χ0v) is 14.5. The van der Waals surface area contributed by atoms with Crippen LogP contribution in [0.2, 0.25) is 0 Å². The first-order chi connectivity index (χ1) is 12.3. The molecule has 130 valence electrons. The van der Waals surface area contributed by atoms with Crippen molar-refractivity contribution in [3.05, 3.63) is 71.2 Å². The predicted molar refractivity (Wildman–Crippen MR) is 98.3 cm³/mol. The highest BCUT2D eigenvalue weighted by molar-refractivity contribution is 5.84. The number of hydrogen-bond acceptors (Lipinski definition) is 2. The topological polar surface area (TPSA) is 28.3 Å². The molecule has 1 atom stereocenters. The number of benzene rings is 2. The molecule has 1 aliphatic rings. The minimum atomic E-state index is -0.199. The lowest BCUT2D eigenvalue weighted by Gasteiger charge is -2.35. The lowest BCUT2D eigenvalue weighted by Crippen LogP contribution is -2.39. The van der Waals surface area contributed by atoms with Gasteiger partial charge in [-0.3, -0.25) is 4.90 Å². The Morgan fingerprint density at radius 2 is 1.88 bits per heavy atom. The first kappa shape index (κ1) is 16.3. The summed E-state index contributed by atoms with van der Waals surface area (Å²) in [4.78, 5) is 5.73. The van der Waals surface area contributed by atoms with Gasteiger partial charge in [0.15, 0.2) is 0 Å². The van der Waals surface area contributed by atoms with E-state index in [2.05, 4.69) is 41.1 Å². The van der Waals surface area contributed by atoms with Crippen LogP contribution < -0.4 is 0 Å². The quantitative estimate of drug-likeness (QED) is 0.768. The maximum absolute atomic E-state index is 13.9. The molecule has 0 spiro atoms. The summed E-state index contributed by atoms with van der Waals surface area (Å²) in [6.07, 6.45) is 3.05. The molecular weight excluding hydrogens is 315 g/mol. The van der Waals surface area contributed by atoms with Gasteiger partial charge in [-0.2, -0.15) is 0 Å². The molecule has 0 amide bonds. The largest absolute Gasteiger partial charge is 0.379 e. The summed E-state index contributed by atoms with van der Waals surface area (Å²) in [5.41, 5.74) is 4.67. The van der Waals surface area contributed by atoms with E-state index in [1.54, 1.807) is 6.07 Å². The fraction of sp³-hybridized carbons (Fsp3) is 0.333. The van der Waals surface area contributed by atoms with Crippen LogP contribution in [0.1, 0.15) is 29.7 Å². The summed E-state index contributed by atoms with van der Waals surface area (Å²) in [6.45, 7) is 5.39. The number of rotatable bonds is 4. The van der Waals surface area contributed by atoms with Crippen LogP contribution in [-0.4, -0.2) is 36.2 Å². The number of hydrogen-bond donors (Lipinski definition) is 1. The second kappa shape index (κ2) is 6.98. The van der Waals surface area contributed by atoms with Crippen LogP contribution >= 0.6 is 0 Å². The molecule has 1 N–H and O–H groups in total. The number of aromatic amines is 1. The molecule has 0 aliphatic carbocycles. The molecule has 0 bridgehead atoms. The molecule has 1 aliphatic heterocycles. The Kier molecular flexibility index (Phi) is 4.55. The Hall–Kier alpha value is -2.17. The van der Waals surface area contributed by atoms with Crippen LogP contribution in [0.25, 0.3) is 10.9 Å². The number of aromatic nitrogens is 1. The Morgan fingerprint density at radius 1 is 1.12 bits per heavy atom. The lowest BCUT2D eigenvalue weighted by molar-refractivity contribution is 0.0242. The smallest absolute Gasteiger partial charge is 0.123 e. The summed E-state index contributed by atoms with van der Waals surface area (Å²) in [6, 6.07) is 13.8. The van der Waals surface area contributed by atoms with E-state index in [9.17, 15) is 4.39 Å². The molecule has 0 radical (unpaired) electrons. The van der Waals surface area contributed by atoms with Crippen molar-refractivity contribution < 1.29 is 9.13 Å². The maximum Gasteiger partial charge on any atom is 0.123 e. The van der Waals surface area contributed by atoms with E-state index < -0.39 is 0 Å². The van der Waals surface area contributed by atoms with E-state index in [0.717, 1.165) is 49.2 Å². The number of halogens is 1. The highest BCUT2D eigenvalue weighted by atomic mass is 19.1. The average molecular weight is 338 g/mol. The summed E-state index contributed by atoms with van der Waals surface area (Å²) in [7, 11) is 0. The molecule has 1 saturated heterocycles. The van der Waals surface area contributed by atoms with Gasteiger partial charge in [0.1, 0.15) is 5.82 Å². The van der Waals surface area contributed by atoms with Crippen molar-refractivity contribution in [2.24, 2.45) is 0 Å². The standard InChI is InChI=1S/C21H23FN2O/c1-2-15-3-5-16(6-4-15)21(24-9-11-25-12-10-24)19-14-23-20-8-7-17(22)13-18(19)20/h3-8,13-14,21,23H,2,9-12H2,1H3. The fourth-order valence-corrected chi connectivity index (χ4v) is 3.70. The normalized spacial score (nSPS) is 17.0. The predicted octanol–water partition coefficient (Wildman–Crippen LogP) is 4.29. The summed E-state index contributed by atoms with van der Waals surface area (Å²) in [5, 5.41) is 0.955. The van der Waals surface area contributed by atoms with Crippen molar-refractivity contribution >= 4 is 10.9 Å². The molecule has 1 aromatic heterocycles. The van der Waals surface area contributed by atoms with Gasteiger partial charge in [-0.25, -0.2) is 4.39 Å². The number of nitrogens with one attached hydrogen (secondary N) is 1. The summed E-state index contributed by atoms with van der Waals surface area (Å²) < 4.78 is 19.4. The number of nitrogens with zero attached hydrogens (tertiary/aromatic N) is 1. The molecule has 2 heterocycles. The van der Waals surface area contributed by atoms with Gasteiger partial charge in [0.2, 0.25) is 0 Å². The molecule has 25 heavy (non-hydrogen) atoms. The van der Waals surface area contributed by atoms with Gasteiger partial charge < -0.3 is 9.72 Å². The molecule has 3 nitrogen and oxygen atoms in total. The fourth-order valence-electron chi connectivity index (χ4n) is 3.70. The maximum atomic E-state index is 13.9. The van der Waals surface area contributed by atoms with Crippen molar-refractivity contribution in [1.82, 2.24) is 9.88 Å². The second-order valence-electron chi connectivity index (χ2n) is 6.58. The Labute approximate surface area is 147 Å². The number of morpholine rings is 1. The second-order valence-corrected chi connectivity index (χ2v) is 6.58. The highest BCUT2D eigenvalue weighted by Crippen LogP contribution is 2.34. The molecule has 1 fully saturated rings. The molecule has 0 saturated carbocycles. The van der Waals surface area contributed by atoms with Crippen molar-refractivity contribution in [3.63, 3.8) is 0 Å². The number of H-pyrrole nitrogens is 1. The number of fused-ring (bicyclic) bond motifs is 1. The Morgan fingerprint density at radius 3 is 2.60 bits per heavy atom. The van der Waals surface area contributed by atoms with Crippen LogP contribution in [0.15, 0.2) is 48.7 Å². The third kappa shape index (κ3) is 3.20. The van der Waals surface area contributed by atoms with Crippen molar-refractivity contribution in [1.29, 1.82) is 0 Å². The van der Waals surface area contributed by atoms with Crippen molar-refractivity contribution in [2.45, 2.75) is 19.4 Å². The summed E-state index contributed by atoms with van der Waals surface area (Å²) >= 11 is 0. The minimum absolute atomic E-state index is 0.102. The minimum Gasteiger partial charge on any atom is -0.379 e. The zero-order chi connectivity index (χ0) is 17.2. The number of ether oxygens (including phenoxy) is 1. The van der Waals surface area contributed by atoms with Gasteiger partial charge in [0.25, 0.3) is 0 Å². The molecule has 3 aromatic rings. The molecule has 4 heteroatoms.